The first-order valence-corrected chi connectivity index (χ1v) is 15.3. The van der Waals surface area contributed by atoms with E-state index in [1.165, 1.54) is 6.07 Å². The third kappa shape index (κ3) is 11.4. The number of fused-ring (bicyclic) bond motifs is 1. The Morgan fingerprint density at radius 3 is 2.32 bits per heavy atom. The van der Waals surface area contributed by atoms with Gasteiger partial charge in [-0.15, -0.1) is 0 Å². The molecular weight excluding hydrogens is 608 g/mol. The highest BCUT2D eigenvalue weighted by molar-refractivity contribution is 5.99. The van der Waals surface area contributed by atoms with Gasteiger partial charge in [0.1, 0.15) is 18.2 Å². The molecule has 2 aromatic carbocycles. The van der Waals surface area contributed by atoms with Gasteiger partial charge >= 0.3 is 23.7 Å². The predicted molar refractivity (Wildman–Crippen MR) is 176 cm³/mol. The molecule has 2 amide bonds. The van der Waals surface area contributed by atoms with Gasteiger partial charge in [-0.2, -0.15) is 4.98 Å². The van der Waals surface area contributed by atoms with E-state index >= 15 is 0 Å². The lowest BCUT2D eigenvalue weighted by atomic mass is 9.77. The normalized spacial score (nSPS) is 12.9. The fourth-order valence-corrected chi connectivity index (χ4v) is 4.79. The van der Waals surface area contributed by atoms with Crippen LogP contribution in [0, 0.1) is 18.3 Å². The van der Waals surface area contributed by atoms with Crippen LogP contribution >= 0.6 is 0 Å². The summed E-state index contributed by atoms with van der Waals surface area (Å²) in [7, 11) is 0. The number of carboxylic acids is 1. The van der Waals surface area contributed by atoms with Crippen molar-refractivity contribution in [2.24, 2.45) is 11.3 Å². The second-order valence-electron chi connectivity index (χ2n) is 13.4. The fourth-order valence-electron chi connectivity index (χ4n) is 4.79. The lowest BCUT2D eigenvalue weighted by Crippen LogP contribution is -2.47. The first kappa shape index (κ1) is 36.5. The minimum atomic E-state index is -1.27. The zero-order valence-corrected chi connectivity index (χ0v) is 27.9. The molecule has 254 valence electrons. The van der Waals surface area contributed by atoms with Gasteiger partial charge < -0.3 is 34.9 Å². The number of aryl methyl sites for hydroxylation is 1. The first-order chi connectivity index (χ1) is 21.9. The zero-order valence-electron chi connectivity index (χ0n) is 27.9. The van der Waals surface area contributed by atoms with Crippen LogP contribution in [-0.4, -0.2) is 52.2 Å². The van der Waals surface area contributed by atoms with Crippen LogP contribution in [0.1, 0.15) is 71.9 Å². The zero-order chi connectivity index (χ0) is 34.9. The van der Waals surface area contributed by atoms with Crippen LogP contribution in [0.4, 0.5) is 16.5 Å². The van der Waals surface area contributed by atoms with Crippen molar-refractivity contribution in [2.45, 2.75) is 86.0 Å². The second-order valence-corrected chi connectivity index (χ2v) is 13.4. The van der Waals surface area contributed by atoms with Gasteiger partial charge in [0.15, 0.2) is 0 Å². The van der Waals surface area contributed by atoms with Crippen molar-refractivity contribution in [3.8, 4) is 0 Å². The van der Waals surface area contributed by atoms with Crippen molar-refractivity contribution in [1.29, 1.82) is 0 Å². The average molecular weight is 653 g/mol. The molecule has 0 aliphatic heterocycles. The molecule has 4 N–H and O–H groups in total. The Kier molecular flexibility index (Phi) is 12.1. The van der Waals surface area contributed by atoms with Crippen molar-refractivity contribution in [2.75, 3.05) is 17.2 Å². The maximum Gasteiger partial charge on any atom is 0.408 e. The summed E-state index contributed by atoms with van der Waals surface area (Å²) in [5.41, 5.74) is -0.252. The molecule has 0 saturated carbocycles. The number of carbonyl (C=O) groups excluding carboxylic acids is 3. The standard InChI is InChI=1S/C34H44N4O9/c1-20-16-22(17-24-27(20)30(43)46-31(37-24)35-15-11-14-26(39)47-34(5,6)7)36-28(40)25(18-23(29(41)42)33(2,3)4)38-32(44)45-19-21-12-9-8-10-13-21/h8-10,12-13,16-17,23,25H,11,14-15,18-19H2,1-7H3,(H,35,37)(H,36,40)(H,38,44)(H,41,42)/t23?,25-/m0/s1. The quantitative estimate of drug-likeness (QED) is 0.137. The van der Waals surface area contributed by atoms with Crippen molar-refractivity contribution in [3.63, 3.8) is 0 Å². The molecule has 1 heterocycles. The highest BCUT2D eigenvalue weighted by atomic mass is 16.6. The predicted octanol–water partition coefficient (Wildman–Crippen LogP) is 5.40. The van der Waals surface area contributed by atoms with Gasteiger partial charge in [-0.25, -0.2) is 9.59 Å². The van der Waals surface area contributed by atoms with Crippen LogP contribution < -0.4 is 21.6 Å². The Morgan fingerprint density at radius 2 is 1.70 bits per heavy atom. The number of alkyl carbamates (subject to hydrolysis) is 1. The van der Waals surface area contributed by atoms with E-state index in [1.807, 2.05) is 6.07 Å². The molecule has 0 radical (unpaired) electrons. The molecule has 1 aromatic heterocycles. The second kappa shape index (κ2) is 15.6. The molecule has 0 saturated heterocycles. The number of amides is 2. The van der Waals surface area contributed by atoms with E-state index in [0.717, 1.165) is 5.56 Å². The molecule has 13 heteroatoms. The highest BCUT2D eigenvalue weighted by Crippen LogP contribution is 2.31. The Bertz CT molecular complexity index is 1640. The summed E-state index contributed by atoms with van der Waals surface area (Å²) < 4.78 is 15.9. The van der Waals surface area contributed by atoms with Gasteiger partial charge in [-0.05, 0) is 69.2 Å². The van der Waals surface area contributed by atoms with Crippen molar-refractivity contribution >= 4 is 46.5 Å². The highest BCUT2D eigenvalue weighted by Gasteiger charge is 2.36. The Morgan fingerprint density at radius 1 is 1.02 bits per heavy atom. The van der Waals surface area contributed by atoms with Gasteiger partial charge in [0.05, 0.1) is 16.8 Å². The lowest BCUT2D eigenvalue weighted by molar-refractivity contribution is -0.155. The summed E-state index contributed by atoms with van der Waals surface area (Å²) in [4.78, 5) is 67.6. The molecule has 0 spiro atoms. The number of aromatic nitrogens is 1. The van der Waals surface area contributed by atoms with E-state index < -0.39 is 46.6 Å². The third-order valence-electron chi connectivity index (χ3n) is 7.09. The first-order valence-electron chi connectivity index (χ1n) is 15.3. The van der Waals surface area contributed by atoms with Crippen molar-refractivity contribution < 1.29 is 38.2 Å². The van der Waals surface area contributed by atoms with E-state index in [-0.39, 0.29) is 54.6 Å². The maximum absolute atomic E-state index is 13.6. The minimum Gasteiger partial charge on any atom is -0.481 e. The van der Waals surface area contributed by atoms with Crippen LogP contribution in [0.15, 0.2) is 51.7 Å². The van der Waals surface area contributed by atoms with Gasteiger partial charge in [0.2, 0.25) is 5.91 Å². The smallest absolute Gasteiger partial charge is 0.408 e. The summed E-state index contributed by atoms with van der Waals surface area (Å²) in [6.45, 7) is 12.5. The lowest BCUT2D eigenvalue weighted by Gasteiger charge is -2.30. The summed E-state index contributed by atoms with van der Waals surface area (Å²) >= 11 is 0. The number of benzene rings is 2. The number of carboxylic acid groups (broad SMARTS) is 1. The van der Waals surface area contributed by atoms with E-state index in [4.69, 9.17) is 13.9 Å². The molecule has 0 aliphatic carbocycles. The number of hydrogen-bond donors (Lipinski definition) is 4. The molecule has 0 aliphatic rings. The number of hydrogen-bond acceptors (Lipinski definition) is 10. The summed E-state index contributed by atoms with van der Waals surface area (Å²) in [6, 6.07) is 10.7. The molecule has 0 fully saturated rings. The van der Waals surface area contributed by atoms with E-state index in [2.05, 4.69) is 20.9 Å². The van der Waals surface area contributed by atoms with Gasteiger partial charge in [-0.3, -0.25) is 14.4 Å². The fraction of sp³-hybridized carbons (Fsp3) is 0.471. The van der Waals surface area contributed by atoms with Gasteiger partial charge in [0, 0.05) is 18.7 Å². The number of nitrogens with one attached hydrogen (secondary N) is 3. The van der Waals surface area contributed by atoms with E-state index in [9.17, 15) is 29.1 Å². The molecule has 3 aromatic rings. The van der Waals surface area contributed by atoms with E-state index in [1.54, 1.807) is 78.8 Å². The SMILES string of the molecule is Cc1cc(NC(=O)[C@H](CC(C(=O)O)C(C)(C)C)NC(=O)OCc2ccccc2)cc2nc(NCCCC(=O)OC(C)(C)C)oc(=O)c12. The molecule has 0 bridgehead atoms. The van der Waals surface area contributed by atoms with Crippen LogP contribution in [0.3, 0.4) is 0 Å². The number of carbonyl (C=O) groups is 4. The molecular formula is C34H44N4O9. The number of aliphatic carboxylic acids is 1. The Labute approximate surface area is 273 Å². The minimum absolute atomic E-state index is 0.0435. The molecule has 47 heavy (non-hydrogen) atoms. The molecule has 2 atom stereocenters. The van der Waals surface area contributed by atoms with E-state index in [0.29, 0.717) is 12.0 Å². The topological polar surface area (TPSA) is 186 Å². The maximum atomic E-state index is 13.6. The third-order valence-corrected chi connectivity index (χ3v) is 7.09. The summed E-state index contributed by atoms with van der Waals surface area (Å²) in [6.07, 6.45) is -0.536. The number of anilines is 2. The number of esters is 1. The molecule has 3 rings (SSSR count). The van der Waals surface area contributed by atoms with Crippen molar-refractivity contribution in [1.82, 2.24) is 10.3 Å². The van der Waals surface area contributed by atoms with Crippen LogP contribution in [0.25, 0.3) is 10.9 Å². The number of nitrogens with zero attached hydrogens (tertiary/aromatic N) is 1. The molecule has 13 nitrogen and oxygen atoms in total. The molecule has 1 unspecified atom stereocenters. The number of ether oxygens (including phenoxy) is 2. The largest absolute Gasteiger partial charge is 0.481 e. The van der Waals surface area contributed by atoms with Crippen molar-refractivity contribution in [3.05, 3.63) is 64.0 Å². The van der Waals surface area contributed by atoms with Crippen LogP contribution in [-0.2, 0) is 30.5 Å². The van der Waals surface area contributed by atoms with Crippen LogP contribution in [0.2, 0.25) is 0 Å². The Hall–Kier alpha value is -4.94. The monoisotopic (exact) mass is 652 g/mol. The number of rotatable bonds is 13. The van der Waals surface area contributed by atoms with Gasteiger partial charge in [0.25, 0.3) is 6.01 Å². The average Bonchev–Trinajstić information content (AvgIpc) is 2.94. The Balaban J connectivity index is 1.79. The van der Waals surface area contributed by atoms with Crippen LogP contribution in [0.5, 0.6) is 0 Å². The summed E-state index contributed by atoms with van der Waals surface area (Å²) in [5, 5.41) is 18.3. The summed E-state index contributed by atoms with van der Waals surface area (Å²) in [5.74, 6) is -3.13. The van der Waals surface area contributed by atoms with Gasteiger partial charge in [-0.1, -0.05) is 51.1 Å².